The van der Waals surface area contributed by atoms with Crippen LogP contribution in [0.15, 0.2) is 48.5 Å². The maximum Gasteiger partial charge on any atom is 0.412 e. The van der Waals surface area contributed by atoms with Gasteiger partial charge in [-0.1, -0.05) is 30.3 Å². The Hall–Kier alpha value is -2.60. The summed E-state index contributed by atoms with van der Waals surface area (Å²) in [6.45, 7) is 3.29. The van der Waals surface area contributed by atoms with Crippen LogP contribution >= 0.6 is 0 Å². The van der Waals surface area contributed by atoms with Crippen LogP contribution in [0, 0.1) is 5.82 Å². The summed E-state index contributed by atoms with van der Waals surface area (Å²) in [6.07, 6.45) is -1.10. The normalized spacial score (nSPS) is 14.5. The van der Waals surface area contributed by atoms with Gasteiger partial charge in [-0.25, -0.2) is 9.18 Å². The highest BCUT2D eigenvalue weighted by molar-refractivity contribution is 5.86. The van der Waals surface area contributed by atoms with Gasteiger partial charge >= 0.3 is 6.09 Å². The summed E-state index contributed by atoms with van der Waals surface area (Å²) < 4.78 is 14.5. The van der Waals surface area contributed by atoms with E-state index >= 15 is 0 Å². The molecular weight excluding hydrogens is 309 g/mol. The second-order valence-corrected chi connectivity index (χ2v) is 5.73. The fraction of sp³-hybridized carbons (Fsp3) is 0.278. The van der Waals surface area contributed by atoms with Gasteiger partial charge in [0.25, 0.3) is 0 Å². The van der Waals surface area contributed by atoms with E-state index in [9.17, 15) is 14.3 Å². The van der Waals surface area contributed by atoms with Crippen molar-refractivity contribution in [3.63, 3.8) is 0 Å². The molecule has 0 spiro atoms. The van der Waals surface area contributed by atoms with Gasteiger partial charge in [0.05, 0.1) is 17.9 Å². The number of amides is 1. The predicted molar refractivity (Wildman–Crippen MR) is 92.1 cm³/mol. The minimum atomic E-state index is -1.10. The molecule has 0 radical (unpaired) electrons. The van der Waals surface area contributed by atoms with Crippen molar-refractivity contribution >= 4 is 17.5 Å². The van der Waals surface area contributed by atoms with Crippen LogP contribution in [0.5, 0.6) is 0 Å². The highest BCUT2D eigenvalue weighted by Crippen LogP contribution is 2.26. The minimum Gasteiger partial charge on any atom is -0.465 e. The van der Waals surface area contributed by atoms with Gasteiger partial charge in [-0.15, -0.1) is 0 Å². The molecule has 2 aromatic rings. The first-order valence-electron chi connectivity index (χ1n) is 7.95. The molecule has 6 heteroatoms. The van der Waals surface area contributed by atoms with Crippen LogP contribution in [0.3, 0.4) is 0 Å². The molecule has 5 nitrogen and oxygen atoms in total. The van der Waals surface area contributed by atoms with Crippen molar-refractivity contribution in [3.05, 3.63) is 59.9 Å². The highest BCUT2D eigenvalue weighted by atomic mass is 19.1. The summed E-state index contributed by atoms with van der Waals surface area (Å²) in [4.78, 5) is 14.7. The minimum absolute atomic E-state index is 0.183. The lowest BCUT2D eigenvalue weighted by molar-refractivity contribution is 0.201. The number of halogens is 1. The summed E-state index contributed by atoms with van der Waals surface area (Å²) in [5.41, 5.74) is 1.71. The van der Waals surface area contributed by atoms with Crippen molar-refractivity contribution in [1.29, 1.82) is 0 Å². The Balaban J connectivity index is 1.83. The molecule has 126 valence electrons. The number of piperazine rings is 1. The molecule has 1 amide bonds. The summed E-state index contributed by atoms with van der Waals surface area (Å²) in [5, 5.41) is 12.7. The Kier molecular flexibility index (Phi) is 4.96. The Bertz CT molecular complexity index is 703. The van der Waals surface area contributed by atoms with Gasteiger partial charge in [-0.2, -0.15) is 0 Å². The van der Waals surface area contributed by atoms with Crippen LogP contribution in [0.1, 0.15) is 5.56 Å². The highest BCUT2D eigenvalue weighted by Gasteiger charge is 2.19. The summed E-state index contributed by atoms with van der Waals surface area (Å²) in [7, 11) is 0. The van der Waals surface area contributed by atoms with Gasteiger partial charge in [-0.05, 0) is 23.8 Å². The monoisotopic (exact) mass is 329 g/mol. The lowest BCUT2D eigenvalue weighted by Crippen LogP contribution is -2.43. The summed E-state index contributed by atoms with van der Waals surface area (Å²) >= 11 is 0. The molecule has 2 N–H and O–H groups in total. The average Bonchev–Trinajstić information content (AvgIpc) is 2.61. The van der Waals surface area contributed by atoms with E-state index in [0.29, 0.717) is 11.4 Å². The molecule has 1 saturated heterocycles. The zero-order valence-electron chi connectivity index (χ0n) is 13.3. The zero-order chi connectivity index (χ0) is 16.9. The van der Waals surface area contributed by atoms with Crippen LogP contribution in [-0.4, -0.2) is 37.4 Å². The molecule has 3 rings (SSSR count). The van der Waals surface area contributed by atoms with Gasteiger partial charge in [-0.3, -0.25) is 4.90 Å². The smallest absolute Gasteiger partial charge is 0.412 e. The predicted octanol–water partition coefficient (Wildman–Crippen LogP) is 2.92. The van der Waals surface area contributed by atoms with Crippen LogP contribution in [0.2, 0.25) is 0 Å². The number of nitrogens with one attached hydrogen (secondary N) is 1. The van der Waals surface area contributed by atoms with Crippen LogP contribution in [0.25, 0.3) is 0 Å². The molecule has 0 bridgehead atoms. The second kappa shape index (κ2) is 7.31. The first kappa shape index (κ1) is 16.3. The first-order valence-corrected chi connectivity index (χ1v) is 7.95. The van der Waals surface area contributed by atoms with E-state index < -0.39 is 11.9 Å². The molecular formula is C18H20FN3O2. The standard InChI is InChI=1S/C18H20FN3O2/c19-16-12-15(6-7-17(16)21-10-8-20-9-11-21)22(18(23)24)13-14-4-2-1-3-5-14/h1-7,12,20H,8-11,13H2,(H,23,24). The third-order valence-corrected chi connectivity index (χ3v) is 4.12. The maximum absolute atomic E-state index is 14.5. The quantitative estimate of drug-likeness (QED) is 0.905. The number of carbonyl (C=O) groups is 1. The topological polar surface area (TPSA) is 55.8 Å². The third kappa shape index (κ3) is 3.65. The molecule has 1 aliphatic heterocycles. The van der Waals surface area contributed by atoms with Crippen molar-refractivity contribution in [3.8, 4) is 0 Å². The van der Waals surface area contributed by atoms with Gasteiger partial charge < -0.3 is 15.3 Å². The van der Waals surface area contributed by atoms with E-state index in [0.717, 1.165) is 36.6 Å². The summed E-state index contributed by atoms with van der Waals surface area (Å²) in [5.74, 6) is -0.395. The van der Waals surface area contributed by atoms with Crippen molar-refractivity contribution in [1.82, 2.24) is 5.32 Å². The molecule has 2 aromatic carbocycles. The molecule has 0 aliphatic carbocycles. The maximum atomic E-state index is 14.5. The Morgan fingerprint density at radius 2 is 1.88 bits per heavy atom. The number of rotatable bonds is 4. The van der Waals surface area contributed by atoms with E-state index in [1.54, 1.807) is 12.1 Å². The van der Waals surface area contributed by atoms with Crippen molar-refractivity contribution in [2.75, 3.05) is 36.0 Å². The van der Waals surface area contributed by atoms with E-state index in [1.807, 2.05) is 35.2 Å². The van der Waals surface area contributed by atoms with Crippen LogP contribution in [0.4, 0.5) is 20.6 Å². The molecule has 0 saturated carbocycles. The number of nitrogens with zero attached hydrogens (tertiary/aromatic N) is 2. The lowest BCUT2D eigenvalue weighted by atomic mass is 10.2. The van der Waals surface area contributed by atoms with Crippen molar-refractivity contribution in [2.24, 2.45) is 0 Å². The van der Waals surface area contributed by atoms with Crippen LogP contribution in [-0.2, 0) is 6.54 Å². The molecule has 24 heavy (non-hydrogen) atoms. The van der Waals surface area contributed by atoms with Crippen molar-refractivity contribution in [2.45, 2.75) is 6.54 Å². The fourth-order valence-corrected chi connectivity index (χ4v) is 2.86. The zero-order valence-corrected chi connectivity index (χ0v) is 13.3. The number of carboxylic acid groups (broad SMARTS) is 1. The Morgan fingerprint density at radius 1 is 1.17 bits per heavy atom. The first-order chi connectivity index (χ1) is 11.6. The van der Waals surface area contributed by atoms with Gasteiger partial charge in [0, 0.05) is 26.2 Å². The Morgan fingerprint density at radius 3 is 2.50 bits per heavy atom. The molecule has 1 fully saturated rings. The SMILES string of the molecule is O=C(O)N(Cc1ccccc1)c1ccc(N2CCNCC2)c(F)c1. The Labute approximate surface area is 140 Å². The van der Waals surface area contributed by atoms with E-state index in [1.165, 1.54) is 6.07 Å². The number of hydrogen-bond acceptors (Lipinski definition) is 3. The summed E-state index contributed by atoms with van der Waals surface area (Å²) in [6, 6.07) is 13.9. The van der Waals surface area contributed by atoms with Crippen LogP contribution < -0.4 is 15.1 Å². The largest absolute Gasteiger partial charge is 0.465 e. The molecule has 1 heterocycles. The number of benzene rings is 2. The lowest BCUT2D eigenvalue weighted by Gasteiger charge is -2.30. The third-order valence-electron chi connectivity index (χ3n) is 4.12. The molecule has 1 aliphatic rings. The van der Waals surface area contributed by atoms with E-state index in [4.69, 9.17) is 0 Å². The number of hydrogen-bond donors (Lipinski definition) is 2. The van der Waals surface area contributed by atoms with Gasteiger partial charge in [0.2, 0.25) is 0 Å². The van der Waals surface area contributed by atoms with Gasteiger partial charge in [0.1, 0.15) is 5.82 Å². The van der Waals surface area contributed by atoms with E-state index in [2.05, 4.69) is 5.32 Å². The van der Waals surface area contributed by atoms with Crippen molar-refractivity contribution < 1.29 is 14.3 Å². The molecule has 0 unspecified atom stereocenters. The molecule has 0 aromatic heterocycles. The average molecular weight is 329 g/mol. The van der Waals surface area contributed by atoms with Gasteiger partial charge in [0.15, 0.2) is 0 Å². The fourth-order valence-electron chi connectivity index (χ4n) is 2.86. The molecule has 0 atom stereocenters. The van der Waals surface area contributed by atoms with E-state index in [-0.39, 0.29) is 6.54 Å². The second-order valence-electron chi connectivity index (χ2n) is 5.73. The number of anilines is 2.